The Bertz CT molecular complexity index is 1030. The van der Waals surface area contributed by atoms with Gasteiger partial charge in [-0.3, -0.25) is 9.59 Å². The van der Waals surface area contributed by atoms with Gasteiger partial charge in [-0.1, -0.05) is 13.8 Å². The summed E-state index contributed by atoms with van der Waals surface area (Å²) in [5, 5.41) is 29.4. The van der Waals surface area contributed by atoms with Crippen LogP contribution < -0.4 is 10.2 Å². The summed E-state index contributed by atoms with van der Waals surface area (Å²) in [7, 11) is 0. The number of carbonyl (C=O) groups excluding carboxylic acids is 2. The third-order valence-corrected chi connectivity index (χ3v) is 6.35. The highest BCUT2D eigenvalue weighted by molar-refractivity contribution is 6.01. The number of hydrogen-bond acceptors (Lipinski definition) is 7. The van der Waals surface area contributed by atoms with Gasteiger partial charge in [0, 0.05) is 30.8 Å². The molecule has 1 aliphatic carbocycles. The molecule has 186 valence electrons. The van der Waals surface area contributed by atoms with Gasteiger partial charge in [-0.2, -0.15) is 9.78 Å². The van der Waals surface area contributed by atoms with Gasteiger partial charge < -0.3 is 30.1 Å². The lowest BCUT2D eigenvalue weighted by Crippen LogP contribution is -2.49. The highest BCUT2D eigenvalue weighted by Gasteiger charge is 2.40. The Morgan fingerprint density at radius 3 is 2.65 bits per heavy atom. The number of amides is 2. The summed E-state index contributed by atoms with van der Waals surface area (Å²) in [4.78, 5) is 29.2. The monoisotopic (exact) mass is 473 g/mol. The number of hydrogen-bond donors (Lipinski definition) is 3. The molecule has 3 aliphatic rings. The normalized spacial score (nSPS) is 25.3. The number of rotatable bonds is 6. The van der Waals surface area contributed by atoms with Gasteiger partial charge in [0.15, 0.2) is 6.23 Å². The first-order valence-corrected chi connectivity index (χ1v) is 12.0. The van der Waals surface area contributed by atoms with Crippen LogP contribution in [-0.4, -0.2) is 80.8 Å². The smallest absolute Gasteiger partial charge is 0.257 e. The number of carbonyl (C=O) groups is 2. The van der Waals surface area contributed by atoms with Crippen LogP contribution >= 0.6 is 0 Å². The van der Waals surface area contributed by atoms with Crippen molar-refractivity contribution in [3.63, 3.8) is 0 Å². The molecule has 1 saturated carbocycles. The van der Waals surface area contributed by atoms with Gasteiger partial charge in [0.25, 0.3) is 5.91 Å². The first kappa shape index (κ1) is 24.3. The van der Waals surface area contributed by atoms with E-state index in [0.717, 1.165) is 12.8 Å². The van der Waals surface area contributed by atoms with Crippen LogP contribution in [0.2, 0.25) is 0 Å². The Kier molecular flexibility index (Phi) is 6.73. The van der Waals surface area contributed by atoms with E-state index in [0.29, 0.717) is 36.8 Å². The van der Waals surface area contributed by atoms with Crippen molar-refractivity contribution >= 4 is 29.6 Å². The molecule has 1 aromatic rings. The summed E-state index contributed by atoms with van der Waals surface area (Å²) < 4.78 is 6.90. The topological polar surface area (TPSA) is 120 Å². The first-order chi connectivity index (χ1) is 16.1. The number of morpholine rings is 1. The number of nitrogens with one attached hydrogen (secondary N) is 1. The Morgan fingerprint density at radius 1 is 1.29 bits per heavy atom. The maximum absolute atomic E-state index is 12.9. The second-order valence-electron chi connectivity index (χ2n) is 9.96. The van der Waals surface area contributed by atoms with E-state index >= 15 is 0 Å². The molecule has 3 N–H and O–H groups in total. The Balaban J connectivity index is 1.70. The Hall–Kier alpha value is -2.85. The van der Waals surface area contributed by atoms with Crippen molar-refractivity contribution in [2.75, 3.05) is 24.6 Å². The minimum atomic E-state index is -1.34. The van der Waals surface area contributed by atoms with Gasteiger partial charge >= 0.3 is 0 Å². The molecule has 3 atom stereocenters. The SMILES string of the molecule is Cc1nn2c(c1/C=C/C(=O)N1C[C@@H](C)OC[C@@H]1C)N(CC(C)C)C(O)C(C(=O)NC1CC1)=C2O. The van der Waals surface area contributed by atoms with Gasteiger partial charge in [-0.05, 0) is 45.6 Å². The molecule has 0 radical (unpaired) electrons. The molecule has 10 heteroatoms. The van der Waals surface area contributed by atoms with Crippen LogP contribution in [0.15, 0.2) is 11.6 Å². The van der Waals surface area contributed by atoms with Gasteiger partial charge in [0.1, 0.15) is 11.4 Å². The van der Waals surface area contributed by atoms with Crippen molar-refractivity contribution in [3.8, 4) is 0 Å². The van der Waals surface area contributed by atoms with Crippen molar-refractivity contribution < 1.29 is 24.5 Å². The zero-order valence-corrected chi connectivity index (χ0v) is 20.5. The van der Waals surface area contributed by atoms with Crippen molar-refractivity contribution in [2.24, 2.45) is 5.92 Å². The molecular weight excluding hydrogens is 438 g/mol. The molecule has 10 nitrogen and oxygen atoms in total. The molecule has 0 aromatic carbocycles. The number of nitrogens with zero attached hydrogens (tertiary/aromatic N) is 4. The molecule has 4 rings (SSSR count). The third-order valence-electron chi connectivity index (χ3n) is 6.35. The van der Waals surface area contributed by atoms with Crippen molar-refractivity contribution in [1.29, 1.82) is 0 Å². The number of aliphatic hydroxyl groups is 2. The quantitative estimate of drug-likeness (QED) is 0.537. The zero-order chi connectivity index (χ0) is 24.7. The van der Waals surface area contributed by atoms with E-state index in [4.69, 9.17) is 4.74 Å². The average molecular weight is 474 g/mol. The molecule has 0 bridgehead atoms. The van der Waals surface area contributed by atoms with E-state index in [9.17, 15) is 19.8 Å². The van der Waals surface area contributed by atoms with Crippen LogP contribution in [0.1, 0.15) is 51.8 Å². The molecule has 3 heterocycles. The standard InChI is InChI=1S/C24H35N5O5/c1-13(2)10-28-22-18(8-9-19(30)27-11-15(4)34-12-14(27)3)16(5)26-29(22)24(33)20(23(28)32)21(31)25-17-6-7-17/h8-9,13-15,17,23,32-33H,6-7,10-12H2,1-5H3,(H,25,31)/b9-8+/t14-,15+,23?/m0/s1. The number of aryl methyl sites for hydroxylation is 1. The molecule has 2 fully saturated rings. The molecular formula is C24H35N5O5. The Morgan fingerprint density at radius 2 is 2.00 bits per heavy atom. The highest BCUT2D eigenvalue weighted by Crippen LogP contribution is 2.36. The van der Waals surface area contributed by atoms with Crippen LogP contribution in [0.3, 0.4) is 0 Å². The molecule has 1 aromatic heterocycles. The molecule has 2 aliphatic heterocycles. The number of aliphatic hydroxyl groups excluding tert-OH is 2. The Labute approximate surface area is 199 Å². The van der Waals surface area contributed by atoms with Crippen LogP contribution in [0.4, 0.5) is 5.82 Å². The van der Waals surface area contributed by atoms with Crippen LogP contribution in [0, 0.1) is 12.8 Å². The maximum Gasteiger partial charge on any atom is 0.257 e. The summed E-state index contributed by atoms with van der Waals surface area (Å²) in [6.07, 6.45) is 3.58. The van der Waals surface area contributed by atoms with Crippen LogP contribution in [-0.2, 0) is 14.3 Å². The summed E-state index contributed by atoms with van der Waals surface area (Å²) in [5.41, 5.74) is 1.05. The maximum atomic E-state index is 12.9. The van der Waals surface area contributed by atoms with Gasteiger partial charge in [-0.15, -0.1) is 0 Å². The molecule has 2 amide bonds. The predicted molar refractivity (Wildman–Crippen MR) is 128 cm³/mol. The molecule has 1 unspecified atom stereocenters. The minimum Gasteiger partial charge on any atom is -0.493 e. The van der Waals surface area contributed by atoms with Crippen LogP contribution in [0.5, 0.6) is 0 Å². The van der Waals surface area contributed by atoms with E-state index in [1.54, 1.807) is 22.8 Å². The second kappa shape index (κ2) is 9.42. The summed E-state index contributed by atoms with van der Waals surface area (Å²) in [5.74, 6) is -0.432. The fourth-order valence-corrected chi connectivity index (χ4v) is 4.40. The summed E-state index contributed by atoms with van der Waals surface area (Å²) in [6, 6.07) is 0.0448. The highest BCUT2D eigenvalue weighted by atomic mass is 16.5. The van der Waals surface area contributed by atoms with E-state index < -0.39 is 18.0 Å². The fraction of sp³-hybridized carbons (Fsp3) is 0.625. The van der Waals surface area contributed by atoms with E-state index in [1.807, 2.05) is 27.7 Å². The number of fused-ring (bicyclic) bond motifs is 1. The second-order valence-corrected chi connectivity index (χ2v) is 9.96. The van der Waals surface area contributed by atoms with Crippen LogP contribution in [0.25, 0.3) is 12.0 Å². The fourth-order valence-electron chi connectivity index (χ4n) is 4.40. The molecule has 0 spiro atoms. The van der Waals surface area contributed by atoms with Crippen molar-refractivity contribution in [2.45, 2.75) is 71.9 Å². The lowest BCUT2D eigenvalue weighted by atomic mass is 10.1. The predicted octanol–water partition coefficient (Wildman–Crippen LogP) is 1.64. The largest absolute Gasteiger partial charge is 0.493 e. The molecule has 1 saturated heterocycles. The minimum absolute atomic E-state index is 0.0295. The lowest BCUT2D eigenvalue weighted by Gasteiger charge is -2.37. The summed E-state index contributed by atoms with van der Waals surface area (Å²) >= 11 is 0. The lowest BCUT2D eigenvalue weighted by molar-refractivity contribution is -0.137. The first-order valence-electron chi connectivity index (χ1n) is 12.0. The average Bonchev–Trinajstić information content (AvgIpc) is 3.51. The third kappa shape index (κ3) is 4.69. The molecule has 34 heavy (non-hydrogen) atoms. The number of anilines is 1. The van der Waals surface area contributed by atoms with E-state index in [-0.39, 0.29) is 35.6 Å². The van der Waals surface area contributed by atoms with E-state index in [1.165, 1.54) is 10.8 Å². The summed E-state index contributed by atoms with van der Waals surface area (Å²) in [6.45, 7) is 11.1. The van der Waals surface area contributed by atoms with E-state index in [2.05, 4.69) is 10.4 Å². The van der Waals surface area contributed by atoms with Gasteiger partial charge in [-0.25, -0.2) is 0 Å². The van der Waals surface area contributed by atoms with Gasteiger partial charge in [0.05, 0.1) is 24.4 Å². The van der Waals surface area contributed by atoms with Gasteiger partial charge in [0.2, 0.25) is 11.8 Å². The van der Waals surface area contributed by atoms with Crippen molar-refractivity contribution in [3.05, 3.63) is 22.9 Å². The zero-order valence-electron chi connectivity index (χ0n) is 20.5. The number of ether oxygens (including phenoxy) is 1. The number of aromatic nitrogens is 2. The van der Waals surface area contributed by atoms with Crippen molar-refractivity contribution in [1.82, 2.24) is 20.0 Å².